The molecular formula is C17H17N3O3. The average molecular weight is 311 g/mol. The van der Waals surface area contributed by atoms with Crippen LogP contribution in [0.3, 0.4) is 0 Å². The van der Waals surface area contributed by atoms with Crippen molar-refractivity contribution >= 4 is 17.5 Å². The first-order valence-electron chi connectivity index (χ1n) is 7.43. The number of benzene rings is 1. The van der Waals surface area contributed by atoms with Crippen LogP contribution in [0.2, 0.25) is 0 Å². The maximum absolute atomic E-state index is 12.0. The summed E-state index contributed by atoms with van der Waals surface area (Å²) in [6.07, 6.45) is 4.41. The zero-order chi connectivity index (χ0) is 16.1. The molecule has 6 heteroatoms. The molecule has 1 aromatic carbocycles. The third-order valence-corrected chi connectivity index (χ3v) is 3.56. The van der Waals surface area contributed by atoms with Gasteiger partial charge in [-0.2, -0.15) is 0 Å². The van der Waals surface area contributed by atoms with Crippen molar-refractivity contribution < 1.29 is 14.3 Å². The summed E-state index contributed by atoms with van der Waals surface area (Å²) in [5, 5.41) is 5.43. The zero-order valence-electron chi connectivity index (χ0n) is 12.5. The number of aromatic nitrogens is 1. The van der Waals surface area contributed by atoms with Gasteiger partial charge in [-0.15, -0.1) is 0 Å². The second kappa shape index (κ2) is 6.91. The number of hydrogen-bond donors (Lipinski definition) is 2. The lowest BCUT2D eigenvalue weighted by molar-refractivity contribution is -0.122. The van der Waals surface area contributed by atoms with Gasteiger partial charge in [0, 0.05) is 30.1 Å². The van der Waals surface area contributed by atoms with Crippen LogP contribution in [0.25, 0.3) is 0 Å². The van der Waals surface area contributed by atoms with Crippen molar-refractivity contribution in [3.05, 3.63) is 54.4 Å². The number of rotatable bonds is 5. The number of anilines is 1. The van der Waals surface area contributed by atoms with Gasteiger partial charge in [0.25, 0.3) is 0 Å². The van der Waals surface area contributed by atoms with E-state index in [0.29, 0.717) is 30.9 Å². The normalized spacial score (nSPS) is 16.7. The van der Waals surface area contributed by atoms with Crippen LogP contribution in [0.4, 0.5) is 5.69 Å². The van der Waals surface area contributed by atoms with Crippen molar-refractivity contribution in [2.24, 2.45) is 0 Å². The first-order valence-corrected chi connectivity index (χ1v) is 7.43. The topological polar surface area (TPSA) is 80.3 Å². The zero-order valence-corrected chi connectivity index (χ0v) is 12.5. The van der Waals surface area contributed by atoms with Crippen molar-refractivity contribution in [3.63, 3.8) is 0 Å². The lowest BCUT2D eigenvalue weighted by Crippen LogP contribution is -2.37. The SMILES string of the molecule is O=C1CC[C@H](C(=O)Nc2ccc(OCc3cccnc3)cc2)N1. The molecule has 1 atom stereocenters. The maximum Gasteiger partial charge on any atom is 0.246 e. The van der Waals surface area contributed by atoms with Gasteiger partial charge in [0.15, 0.2) is 0 Å². The minimum absolute atomic E-state index is 0.0794. The summed E-state index contributed by atoms with van der Waals surface area (Å²) in [5.41, 5.74) is 1.66. The number of ether oxygens (including phenoxy) is 1. The Bertz CT molecular complexity index is 686. The van der Waals surface area contributed by atoms with Gasteiger partial charge in [-0.25, -0.2) is 0 Å². The maximum atomic E-state index is 12.0. The summed E-state index contributed by atoms with van der Waals surface area (Å²) in [7, 11) is 0. The van der Waals surface area contributed by atoms with E-state index >= 15 is 0 Å². The lowest BCUT2D eigenvalue weighted by atomic mass is 10.2. The van der Waals surface area contributed by atoms with E-state index in [4.69, 9.17) is 4.74 Å². The van der Waals surface area contributed by atoms with Crippen molar-refractivity contribution in [1.82, 2.24) is 10.3 Å². The molecule has 1 aromatic heterocycles. The summed E-state index contributed by atoms with van der Waals surface area (Å²) in [4.78, 5) is 27.2. The molecule has 23 heavy (non-hydrogen) atoms. The molecule has 3 rings (SSSR count). The summed E-state index contributed by atoms with van der Waals surface area (Å²) in [6, 6.07) is 10.5. The highest BCUT2D eigenvalue weighted by molar-refractivity contribution is 5.98. The highest BCUT2D eigenvalue weighted by Crippen LogP contribution is 2.18. The van der Waals surface area contributed by atoms with E-state index in [2.05, 4.69) is 15.6 Å². The smallest absolute Gasteiger partial charge is 0.246 e. The molecule has 0 unspecified atom stereocenters. The van der Waals surface area contributed by atoms with E-state index in [0.717, 1.165) is 5.56 Å². The van der Waals surface area contributed by atoms with E-state index in [1.165, 1.54) is 0 Å². The van der Waals surface area contributed by atoms with Crippen LogP contribution in [0.5, 0.6) is 5.75 Å². The highest BCUT2D eigenvalue weighted by atomic mass is 16.5. The fraction of sp³-hybridized carbons (Fsp3) is 0.235. The Morgan fingerprint density at radius 3 is 2.78 bits per heavy atom. The quantitative estimate of drug-likeness (QED) is 0.883. The molecule has 2 amide bonds. The van der Waals surface area contributed by atoms with E-state index in [9.17, 15) is 9.59 Å². The number of pyridine rings is 1. The molecule has 0 radical (unpaired) electrons. The summed E-state index contributed by atoms with van der Waals surface area (Å²) in [6.45, 7) is 0.438. The molecule has 118 valence electrons. The molecule has 0 aliphatic carbocycles. The van der Waals surface area contributed by atoms with Gasteiger partial charge >= 0.3 is 0 Å². The van der Waals surface area contributed by atoms with Crippen molar-refractivity contribution in [3.8, 4) is 5.75 Å². The van der Waals surface area contributed by atoms with Crippen LogP contribution in [0, 0.1) is 0 Å². The molecule has 2 heterocycles. The van der Waals surface area contributed by atoms with E-state index in [1.54, 1.807) is 36.7 Å². The van der Waals surface area contributed by atoms with Crippen LogP contribution < -0.4 is 15.4 Å². The molecule has 1 aliphatic heterocycles. The van der Waals surface area contributed by atoms with E-state index < -0.39 is 6.04 Å². The molecule has 2 N–H and O–H groups in total. The van der Waals surface area contributed by atoms with Crippen LogP contribution in [0.15, 0.2) is 48.8 Å². The number of nitrogens with zero attached hydrogens (tertiary/aromatic N) is 1. The Balaban J connectivity index is 1.52. The fourth-order valence-electron chi connectivity index (χ4n) is 2.32. The van der Waals surface area contributed by atoms with Gasteiger partial charge in [0.1, 0.15) is 18.4 Å². The molecule has 2 aromatic rings. The van der Waals surface area contributed by atoms with Gasteiger partial charge in [-0.05, 0) is 36.8 Å². The Kier molecular flexibility index (Phi) is 4.52. The number of carbonyl (C=O) groups excluding carboxylic acids is 2. The second-order valence-electron chi connectivity index (χ2n) is 5.32. The minimum Gasteiger partial charge on any atom is -0.489 e. The molecule has 0 saturated carbocycles. The fourth-order valence-corrected chi connectivity index (χ4v) is 2.32. The molecule has 6 nitrogen and oxygen atoms in total. The first-order chi connectivity index (χ1) is 11.2. The van der Waals surface area contributed by atoms with Gasteiger partial charge in [-0.1, -0.05) is 6.07 Å². The Hall–Kier alpha value is -2.89. The van der Waals surface area contributed by atoms with Gasteiger partial charge < -0.3 is 15.4 Å². The monoisotopic (exact) mass is 311 g/mol. The largest absolute Gasteiger partial charge is 0.489 e. The van der Waals surface area contributed by atoms with Crippen molar-refractivity contribution in [1.29, 1.82) is 0 Å². The van der Waals surface area contributed by atoms with Crippen molar-refractivity contribution in [2.45, 2.75) is 25.5 Å². The standard InChI is InChI=1S/C17H17N3O3/c21-16-8-7-15(20-16)17(22)19-13-3-5-14(6-4-13)23-11-12-2-1-9-18-10-12/h1-6,9-10,15H,7-8,11H2,(H,19,22)(H,20,21)/t15-/m1/s1. The predicted octanol–water partition coefficient (Wildman–Crippen LogP) is 1.88. The molecular weight excluding hydrogens is 294 g/mol. The number of carbonyl (C=O) groups is 2. The number of amides is 2. The Morgan fingerprint density at radius 2 is 2.13 bits per heavy atom. The summed E-state index contributed by atoms with van der Waals surface area (Å²) < 4.78 is 5.66. The van der Waals surface area contributed by atoms with Crippen LogP contribution >= 0.6 is 0 Å². The van der Waals surface area contributed by atoms with Crippen LogP contribution in [-0.2, 0) is 16.2 Å². The first kappa shape index (κ1) is 15.0. The van der Waals surface area contributed by atoms with E-state index in [1.807, 2.05) is 12.1 Å². The summed E-state index contributed by atoms with van der Waals surface area (Å²) >= 11 is 0. The minimum atomic E-state index is -0.441. The molecule has 1 aliphatic rings. The molecule has 1 fully saturated rings. The Morgan fingerprint density at radius 1 is 1.30 bits per heavy atom. The second-order valence-corrected chi connectivity index (χ2v) is 5.32. The van der Waals surface area contributed by atoms with Crippen LogP contribution in [0.1, 0.15) is 18.4 Å². The lowest BCUT2D eigenvalue weighted by Gasteiger charge is -2.11. The third kappa shape index (κ3) is 4.06. The number of nitrogens with one attached hydrogen (secondary N) is 2. The summed E-state index contributed by atoms with van der Waals surface area (Å²) in [5.74, 6) is 0.435. The highest BCUT2D eigenvalue weighted by Gasteiger charge is 2.26. The van der Waals surface area contributed by atoms with Gasteiger partial charge in [-0.3, -0.25) is 14.6 Å². The van der Waals surface area contributed by atoms with E-state index in [-0.39, 0.29) is 11.8 Å². The van der Waals surface area contributed by atoms with Crippen LogP contribution in [-0.4, -0.2) is 22.8 Å². The molecule has 0 bridgehead atoms. The van der Waals surface area contributed by atoms with Gasteiger partial charge in [0.2, 0.25) is 11.8 Å². The molecule has 0 spiro atoms. The third-order valence-electron chi connectivity index (χ3n) is 3.56. The van der Waals surface area contributed by atoms with Gasteiger partial charge in [0.05, 0.1) is 0 Å². The average Bonchev–Trinajstić information content (AvgIpc) is 3.02. The van der Waals surface area contributed by atoms with Crippen molar-refractivity contribution in [2.75, 3.05) is 5.32 Å². The number of hydrogen-bond acceptors (Lipinski definition) is 4. The predicted molar refractivity (Wildman–Crippen MR) is 84.8 cm³/mol. The Labute approximate surface area is 133 Å². The molecule has 1 saturated heterocycles.